The van der Waals surface area contributed by atoms with Gasteiger partial charge in [0.25, 0.3) is 0 Å². The summed E-state index contributed by atoms with van der Waals surface area (Å²) in [5, 5.41) is 33.9. The molecule has 2 aromatic heterocycles. The van der Waals surface area contributed by atoms with Crippen LogP contribution in [-0.2, 0) is 6.61 Å². The van der Waals surface area contributed by atoms with E-state index < -0.39 is 17.7 Å². The average Bonchev–Trinajstić information content (AvgIpc) is 3.38. The fourth-order valence-electron chi connectivity index (χ4n) is 4.15. The summed E-state index contributed by atoms with van der Waals surface area (Å²) in [6.07, 6.45) is 3.09. The number of aromatic amines is 1. The Labute approximate surface area is 173 Å². The van der Waals surface area contributed by atoms with Crippen LogP contribution >= 0.6 is 0 Å². The summed E-state index contributed by atoms with van der Waals surface area (Å²) in [5.74, 6) is 0.575. The van der Waals surface area contributed by atoms with Gasteiger partial charge in [0, 0.05) is 6.07 Å². The third kappa shape index (κ3) is 3.81. The number of benzene rings is 1. The van der Waals surface area contributed by atoms with Crippen LogP contribution in [0.25, 0.3) is 10.9 Å². The van der Waals surface area contributed by atoms with Crippen molar-refractivity contribution in [1.29, 1.82) is 0 Å². The van der Waals surface area contributed by atoms with E-state index >= 15 is 0 Å². The molecule has 2 heterocycles. The third-order valence-electron chi connectivity index (χ3n) is 5.59. The molecule has 4 rings (SSSR count). The van der Waals surface area contributed by atoms with Crippen molar-refractivity contribution in [3.05, 3.63) is 47.7 Å². The minimum absolute atomic E-state index is 0.251. The van der Waals surface area contributed by atoms with Gasteiger partial charge in [-0.2, -0.15) is 0 Å². The molecule has 1 atom stereocenters. The molecule has 30 heavy (non-hydrogen) atoms. The van der Waals surface area contributed by atoms with Crippen LogP contribution in [0.15, 0.2) is 36.4 Å². The lowest BCUT2D eigenvalue weighted by molar-refractivity contribution is 0.0113. The highest BCUT2D eigenvalue weighted by Crippen LogP contribution is 2.40. The van der Waals surface area contributed by atoms with Gasteiger partial charge >= 0.3 is 6.03 Å². The summed E-state index contributed by atoms with van der Waals surface area (Å²) < 4.78 is 5.18. The number of aliphatic hydroxyl groups is 2. The number of nitrogens with one attached hydrogen (secondary N) is 3. The smallest absolute Gasteiger partial charge is 0.320 e. The monoisotopic (exact) mass is 411 g/mol. The number of nitrogens with zero attached hydrogens (tertiary/aromatic N) is 2. The normalized spacial score (nSPS) is 16.4. The Hall–Kier alpha value is -3.17. The molecule has 1 aliphatic rings. The van der Waals surface area contributed by atoms with Gasteiger partial charge in [-0.05, 0) is 18.4 Å². The largest absolute Gasteiger partial charge is 0.479 e. The molecule has 0 bridgehead atoms. The number of anilines is 1. The summed E-state index contributed by atoms with van der Waals surface area (Å²) in [5.41, 5.74) is 0.760. The molecule has 1 fully saturated rings. The molecule has 3 aromatic rings. The van der Waals surface area contributed by atoms with Crippen LogP contribution in [0, 0.1) is 0 Å². The van der Waals surface area contributed by atoms with Gasteiger partial charge < -0.3 is 20.3 Å². The maximum Gasteiger partial charge on any atom is 0.320 e. The summed E-state index contributed by atoms with van der Waals surface area (Å²) in [6, 6.07) is 10.0. The first-order valence-corrected chi connectivity index (χ1v) is 9.92. The lowest BCUT2D eigenvalue weighted by Crippen LogP contribution is -2.45. The molecular weight excluding hydrogens is 386 g/mol. The number of aromatic nitrogens is 3. The van der Waals surface area contributed by atoms with Gasteiger partial charge in [-0.15, -0.1) is 5.10 Å². The first kappa shape index (κ1) is 20.1. The van der Waals surface area contributed by atoms with Crippen LogP contribution in [0.4, 0.5) is 10.6 Å². The van der Waals surface area contributed by atoms with Crippen LogP contribution in [-0.4, -0.2) is 44.1 Å². The highest BCUT2D eigenvalue weighted by atomic mass is 16.5. The van der Waals surface area contributed by atoms with Crippen LogP contribution in [0.5, 0.6) is 5.88 Å². The Bertz CT molecular complexity index is 1030. The van der Waals surface area contributed by atoms with Crippen molar-refractivity contribution in [2.75, 3.05) is 12.4 Å². The highest BCUT2D eigenvalue weighted by Gasteiger charge is 2.41. The van der Waals surface area contributed by atoms with Crippen LogP contribution in [0.2, 0.25) is 0 Å². The summed E-state index contributed by atoms with van der Waals surface area (Å²) in [7, 11) is 1.48. The summed E-state index contributed by atoms with van der Waals surface area (Å²) >= 11 is 0. The molecule has 9 heteroatoms. The van der Waals surface area contributed by atoms with Gasteiger partial charge in [-0.25, -0.2) is 9.78 Å². The van der Waals surface area contributed by atoms with E-state index in [0.717, 1.165) is 18.4 Å². The van der Waals surface area contributed by atoms with Crippen molar-refractivity contribution in [1.82, 2.24) is 20.5 Å². The lowest BCUT2D eigenvalue weighted by atomic mass is 9.87. The number of urea groups is 1. The Balaban J connectivity index is 1.58. The van der Waals surface area contributed by atoms with E-state index in [4.69, 9.17) is 4.74 Å². The molecule has 0 radical (unpaired) electrons. The number of H-pyrrole nitrogens is 1. The number of rotatable bonds is 6. The van der Waals surface area contributed by atoms with Crippen molar-refractivity contribution >= 4 is 22.8 Å². The fraction of sp³-hybridized carbons (Fsp3) is 0.381. The van der Waals surface area contributed by atoms with E-state index in [1.54, 1.807) is 6.07 Å². The summed E-state index contributed by atoms with van der Waals surface area (Å²) in [6.45, 7) is -0.337. The SMILES string of the molecule is COc1n[nH]c2cc(NC(=O)N[C@@H](c3ccccc3)C3(O)CCCC3)nc(CO)c12. The zero-order valence-corrected chi connectivity index (χ0v) is 16.7. The van der Waals surface area contributed by atoms with Crippen molar-refractivity contribution < 1.29 is 19.7 Å². The zero-order chi connectivity index (χ0) is 21.1. The standard InChI is InChI=1S/C21H25N5O4/c1-30-19-17-14(25-26-19)11-16(22-15(17)12-27)23-20(28)24-18(13-7-3-2-4-8-13)21(29)9-5-6-10-21/h2-4,7-8,11,18,27,29H,5-6,9-10,12H2,1H3,(H,25,26)(H2,22,23,24,28)/t18-/m0/s1. The molecule has 158 valence electrons. The van der Waals surface area contributed by atoms with Crippen molar-refractivity contribution in [3.63, 3.8) is 0 Å². The first-order valence-electron chi connectivity index (χ1n) is 9.92. The highest BCUT2D eigenvalue weighted by molar-refractivity contribution is 5.93. The number of pyridine rings is 1. The van der Waals surface area contributed by atoms with Crippen LogP contribution < -0.4 is 15.4 Å². The van der Waals surface area contributed by atoms with Crippen molar-refractivity contribution in [3.8, 4) is 5.88 Å². The second-order valence-electron chi connectivity index (χ2n) is 7.52. The van der Waals surface area contributed by atoms with Gasteiger partial charge in [0.2, 0.25) is 5.88 Å². The molecule has 1 aromatic carbocycles. The molecule has 1 aliphatic carbocycles. The number of carbonyl (C=O) groups excluding carboxylic acids is 1. The van der Waals surface area contributed by atoms with Crippen molar-refractivity contribution in [2.45, 2.75) is 43.9 Å². The maximum atomic E-state index is 12.8. The number of amides is 2. The molecule has 1 saturated carbocycles. The zero-order valence-electron chi connectivity index (χ0n) is 16.7. The fourth-order valence-corrected chi connectivity index (χ4v) is 4.15. The number of ether oxygens (including phenoxy) is 1. The van der Waals surface area contributed by atoms with Gasteiger partial charge in [0.05, 0.1) is 42.0 Å². The average molecular weight is 411 g/mol. The predicted octanol–water partition coefficient (Wildman–Crippen LogP) is 2.63. The second-order valence-corrected chi connectivity index (χ2v) is 7.52. The Morgan fingerprint density at radius 2 is 2.03 bits per heavy atom. The number of fused-ring (bicyclic) bond motifs is 1. The number of carbonyl (C=O) groups is 1. The van der Waals surface area contributed by atoms with Gasteiger partial charge in [0.1, 0.15) is 5.82 Å². The van der Waals surface area contributed by atoms with Gasteiger partial charge in [-0.3, -0.25) is 10.4 Å². The molecular formula is C21H25N5O4. The molecule has 2 amide bonds. The number of aliphatic hydroxyl groups excluding tert-OH is 1. The summed E-state index contributed by atoms with van der Waals surface area (Å²) in [4.78, 5) is 17.1. The second kappa shape index (κ2) is 8.29. The van der Waals surface area contributed by atoms with Crippen molar-refractivity contribution in [2.24, 2.45) is 0 Å². The van der Waals surface area contributed by atoms with E-state index in [1.807, 2.05) is 30.3 Å². The first-order chi connectivity index (χ1) is 14.5. The van der Waals surface area contributed by atoms with E-state index in [-0.39, 0.29) is 12.4 Å². The van der Waals surface area contributed by atoms with E-state index in [0.29, 0.717) is 35.3 Å². The van der Waals surface area contributed by atoms with Gasteiger partial charge in [0.15, 0.2) is 0 Å². The lowest BCUT2D eigenvalue weighted by Gasteiger charge is -2.33. The molecule has 0 saturated heterocycles. The quantitative estimate of drug-likeness (QED) is 0.424. The minimum Gasteiger partial charge on any atom is -0.479 e. The topological polar surface area (TPSA) is 132 Å². The molecule has 0 unspecified atom stereocenters. The van der Waals surface area contributed by atoms with Gasteiger partial charge in [-0.1, -0.05) is 43.2 Å². The molecule has 9 nitrogen and oxygen atoms in total. The maximum absolute atomic E-state index is 12.8. The number of methoxy groups -OCH3 is 1. The molecule has 0 aliphatic heterocycles. The van der Waals surface area contributed by atoms with E-state index in [2.05, 4.69) is 25.8 Å². The van der Waals surface area contributed by atoms with Crippen LogP contribution in [0.3, 0.4) is 0 Å². The minimum atomic E-state index is -0.997. The van der Waals surface area contributed by atoms with E-state index in [9.17, 15) is 15.0 Å². The molecule has 0 spiro atoms. The Morgan fingerprint density at radius 3 is 2.70 bits per heavy atom. The molecule has 5 N–H and O–H groups in total. The Morgan fingerprint density at radius 1 is 1.30 bits per heavy atom. The number of hydrogen-bond acceptors (Lipinski definition) is 6. The predicted molar refractivity (Wildman–Crippen MR) is 111 cm³/mol. The number of hydrogen-bond donors (Lipinski definition) is 5. The van der Waals surface area contributed by atoms with E-state index in [1.165, 1.54) is 7.11 Å². The Kier molecular flexibility index (Phi) is 5.56. The third-order valence-corrected chi connectivity index (χ3v) is 5.59. The van der Waals surface area contributed by atoms with Crippen LogP contribution in [0.1, 0.15) is 43.0 Å².